The maximum atomic E-state index is 12.4. The van der Waals surface area contributed by atoms with Gasteiger partial charge >= 0.3 is 0 Å². The second kappa shape index (κ2) is 5.65. The molecular formula is C11H4Br4OS. The minimum absolute atomic E-state index is 0.000694. The van der Waals surface area contributed by atoms with E-state index >= 15 is 0 Å². The first kappa shape index (κ1) is 13.9. The lowest BCUT2D eigenvalue weighted by molar-refractivity contribution is 0.104. The highest BCUT2D eigenvalue weighted by atomic mass is 79.9. The number of carbonyl (C=O) groups is 1. The van der Waals surface area contributed by atoms with Crippen LogP contribution in [0, 0.1) is 0 Å². The van der Waals surface area contributed by atoms with Crippen LogP contribution in [-0.2, 0) is 0 Å². The second-order valence-electron chi connectivity index (χ2n) is 3.18. The van der Waals surface area contributed by atoms with Gasteiger partial charge in [-0.05, 0) is 50.1 Å². The van der Waals surface area contributed by atoms with E-state index in [0.29, 0.717) is 10.4 Å². The number of ketones is 1. The molecule has 6 heteroatoms. The lowest BCUT2D eigenvalue weighted by Gasteiger charge is -2.03. The molecule has 2 aromatic rings. The zero-order valence-electron chi connectivity index (χ0n) is 8.14. The summed E-state index contributed by atoms with van der Waals surface area (Å²) in [5, 5.41) is 1.89. The van der Waals surface area contributed by atoms with E-state index in [1.807, 2.05) is 23.6 Å². The highest BCUT2D eigenvalue weighted by Gasteiger charge is 2.19. The first-order chi connectivity index (χ1) is 8.00. The lowest BCUT2D eigenvalue weighted by atomic mass is 10.1. The summed E-state index contributed by atoms with van der Waals surface area (Å²) in [6.07, 6.45) is 0. The Hall–Kier alpha value is 0.510. The van der Waals surface area contributed by atoms with Crippen molar-refractivity contribution in [2.24, 2.45) is 0 Å². The van der Waals surface area contributed by atoms with Crippen molar-refractivity contribution in [3.8, 4) is 0 Å². The van der Waals surface area contributed by atoms with E-state index in [2.05, 4.69) is 63.7 Å². The van der Waals surface area contributed by atoms with Crippen molar-refractivity contribution in [1.82, 2.24) is 0 Å². The van der Waals surface area contributed by atoms with Crippen molar-refractivity contribution in [3.63, 3.8) is 0 Å². The molecule has 0 saturated heterocycles. The first-order valence-electron chi connectivity index (χ1n) is 4.43. The molecule has 0 aliphatic rings. The molecule has 0 atom stereocenters. The SMILES string of the molecule is O=C(c1cc(Br)ccc1Br)c1scc(Br)c1Br. The number of halogens is 4. The van der Waals surface area contributed by atoms with Crippen molar-refractivity contribution < 1.29 is 4.79 Å². The number of benzene rings is 1. The normalized spacial score (nSPS) is 10.6. The Bertz CT molecular complexity index is 591. The predicted octanol–water partition coefficient (Wildman–Crippen LogP) is 6.03. The summed E-state index contributed by atoms with van der Waals surface area (Å²) in [6, 6.07) is 5.56. The zero-order valence-corrected chi connectivity index (χ0v) is 15.3. The topological polar surface area (TPSA) is 17.1 Å². The molecule has 0 N–H and O–H groups in total. The Kier molecular flexibility index (Phi) is 4.63. The summed E-state index contributed by atoms with van der Waals surface area (Å²) in [5.74, 6) is 0.000694. The van der Waals surface area contributed by atoms with Crippen LogP contribution in [0.4, 0.5) is 0 Å². The molecule has 88 valence electrons. The van der Waals surface area contributed by atoms with Gasteiger partial charge in [-0.2, -0.15) is 0 Å². The smallest absolute Gasteiger partial charge is 0.205 e. The lowest BCUT2D eigenvalue weighted by Crippen LogP contribution is -2.00. The van der Waals surface area contributed by atoms with Crippen LogP contribution in [0.15, 0.2) is 41.5 Å². The molecule has 1 heterocycles. The van der Waals surface area contributed by atoms with Crippen LogP contribution in [-0.4, -0.2) is 5.78 Å². The Morgan fingerprint density at radius 3 is 2.35 bits per heavy atom. The van der Waals surface area contributed by atoms with Gasteiger partial charge < -0.3 is 0 Å². The highest BCUT2D eigenvalue weighted by molar-refractivity contribution is 9.13. The van der Waals surface area contributed by atoms with E-state index in [1.54, 1.807) is 0 Å². The van der Waals surface area contributed by atoms with Crippen LogP contribution in [0.2, 0.25) is 0 Å². The Morgan fingerprint density at radius 2 is 1.76 bits per heavy atom. The fraction of sp³-hybridized carbons (Fsp3) is 0. The molecule has 17 heavy (non-hydrogen) atoms. The molecule has 0 radical (unpaired) electrons. The molecular weight excluding hydrogens is 500 g/mol. The van der Waals surface area contributed by atoms with Crippen LogP contribution < -0.4 is 0 Å². The van der Waals surface area contributed by atoms with Gasteiger partial charge in [-0.3, -0.25) is 4.79 Å². The van der Waals surface area contributed by atoms with Gasteiger partial charge in [0.2, 0.25) is 5.78 Å². The summed E-state index contributed by atoms with van der Waals surface area (Å²) in [4.78, 5) is 13.1. The molecule has 1 aromatic heterocycles. The van der Waals surface area contributed by atoms with Crippen LogP contribution in [0.3, 0.4) is 0 Å². The third kappa shape index (κ3) is 2.92. The van der Waals surface area contributed by atoms with Gasteiger partial charge in [-0.1, -0.05) is 31.9 Å². The van der Waals surface area contributed by atoms with Crippen LogP contribution in [0.5, 0.6) is 0 Å². The van der Waals surface area contributed by atoms with Gasteiger partial charge in [0.1, 0.15) is 0 Å². The van der Waals surface area contributed by atoms with Gasteiger partial charge in [0.25, 0.3) is 0 Å². The van der Waals surface area contributed by atoms with Crippen LogP contribution >= 0.6 is 75.1 Å². The number of thiophene rings is 1. The third-order valence-electron chi connectivity index (χ3n) is 2.07. The number of hydrogen-bond acceptors (Lipinski definition) is 2. The van der Waals surface area contributed by atoms with Crippen molar-refractivity contribution >= 4 is 80.8 Å². The van der Waals surface area contributed by atoms with E-state index in [-0.39, 0.29) is 5.78 Å². The van der Waals surface area contributed by atoms with E-state index in [4.69, 9.17) is 0 Å². The molecule has 0 aliphatic carbocycles. The van der Waals surface area contributed by atoms with Crippen LogP contribution in [0.25, 0.3) is 0 Å². The van der Waals surface area contributed by atoms with Crippen LogP contribution in [0.1, 0.15) is 15.2 Å². The molecule has 2 rings (SSSR count). The molecule has 0 aliphatic heterocycles. The Morgan fingerprint density at radius 1 is 1.06 bits per heavy atom. The molecule has 0 saturated carbocycles. The average molecular weight is 504 g/mol. The standard InChI is InChI=1S/C11H4Br4OS/c12-5-1-2-7(13)6(3-5)10(16)11-9(15)8(14)4-17-11/h1-4H. The van der Waals surface area contributed by atoms with Crippen molar-refractivity contribution in [2.75, 3.05) is 0 Å². The zero-order chi connectivity index (χ0) is 12.6. The number of carbonyl (C=O) groups excluding carboxylic acids is 1. The van der Waals surface area contributed by atoms with E-state index < -0.39 is 0 Å². The van der Waals surface area contributed by atoms with Gasteiger partial charge in [-0.15, -0.1) is 11.3 Å². The predicted molar refractivity (Wildman–Crippen MR) is 85.0 cm³/mol. The van der Waals surface area contributed by atoms with Crippen molar-refractivity contribution in [3.05, 3.63) is 51.9 Å². The minimum atomic E-state index is 0.000694. The monoisotopic (exact) mass is 500 g/mol. The van der Waals surface area contributed by atoms with E-state index in [1.165, 1.54) is 11.3 Å². The van der Waals surface area contributed by atoms with Gasteiger partial charge in [-0.25, -0.2) is 0 Å². The molecule has 0 unspecified atom stereocenters. The molecule has 1 aromatic carbocycles. The average Bonchev–Trinajstić information content (AvgIpc) is 2.62. The molecule has 1 nitrogen and oxygen atoms in total. The summed E-state index contributed by atoms with van der Waals surface area (Å²) in [6.45, 7) is 0. The molecule has 0 amide bonds. The number of hydrogen-bond donors (Lipinski definition) is 0. The maximum absolute atomic E-state index is 12.4. The summed E-state index contributed by atoms with van der Waals surface area (Å²) < 4.78 is 3.38. The Balaban J connectivity index is 2.51. The van der Waals surface area contributed by atoms with E-state index in [0.717, 1.165) is 17.9 Å². The summed E-state index contributed by atoms with van der Waals surface area (Å²) >= 11 is 15.0. The maximum Gasteiger partial charge on any atom is 0.205 e. The molecule has 0 bridgehead atoms. The van der Waals surface area contributed by atoms with E-state index in [9.17, 15) is 4.79 Å². The summed E-state index contributed by atoms with van der Waals surface area (Å²) in [5.41, 5.74) is 0.648. The highest BCUT2D eigenvalue weighted by Crippen LogP contribution is 2.35. The van der Waals surface area contributed by atoms with Crippen molar-refractivity contribution in [2.45, 2.75) is 0 Å². The largest absolute Gasteiger partial charge is 0.288 e. The second-order valence-corrected chi connectivity index (χ2v) is 7.48. The van der Waals surface area contributed by atoms with Gasteiger partial charge in [0, 0.05) is 24.4 Å². The number of rotatable bonds is 2. The fourth-order valence-electron chi connectivity index (χ4n) is 1.27. The first-order valence-corrected chi connectivity index (χ1v) is 8.48. The Labute approximate surface area is 136 Å². The molecule has 0 fully saturated rings. The van der Waals surface area contributed by atoms with Gasteiger partial charge in [0.15, 0.2) is 0 Å². The van der Waals surface area contributed by atoms with Gasteiger partial charge in [0.05, 0.1) is 9.35 Å². The fourth-order valence-corrected chi connectivity index (χ4v) is 4.16. The minimum Gasteiger partial charge on any atom is -0.288 e. The molecule has 0 spiro atoms. The third-order valence-corrected chi connectivity index (χ3v) is 6.78. The quantitative estimate of drug-likeness (QED) is 0.457. The summed E-state index contributed by atoms with van der Waals surface area (Å²) in [7, 11) is 0. The van der Waals surface area contributed by atoms with Crippen molar-refractivity contribution in [1.29, 1.82) is 0 Å².